The van der Waals surface area contributed by atoms with Crippen LogP contribution in [0.3, 0.4) is 0 Å². The van der Waals surface area contributed by atoms with Crippen molar-refractivity contribution in [3.8, 4) is 0 Å². The van der Waals surface area contributed by atoms with E-state index < -0.39 is 0 Å². The zero-order valence-electron chi connectivity index (χ0n) is 16.8. The van der Waals surface area contributed by atoms with Crippen molar-refractivity contribution in [3.63, 3.8) is 0 Å². The molecule has 1 aromatic carbocycles. The molecule has 4 nitrogen and oxygen atoms in total. The van der Waals surface area contributed by atoms with Gasteiger partial charge in [0.15, 0.2) is 0 Å². The molecule has 0 heterocycles. The molecule has 0 amide bonds. The second-order valence-electron chi connectivity index (χ2n) is 6.51. The summed E-state index contributed by atoms with van der Waals surface area (Å²) in [6.45, 7) is 8.67. The highest BCUT2D eigenvalue weighted by atomic mass is 127. The molecule has 0 bridgehead atoms. The first kappa shape index (κ1) is 24.8. The standard InChI is InChI=1S/C20H32N2O2.CH3I/c1-5-18(9-7-15(3)23)14(2)6-8-16(4)24-13-17-10-19(21)12-20(22)11-17;1-2/h7,9-12,14,16,23H,5-6,8,13,21-22H2,1-4H3;1H3/b15-7+,18-9+;. The van der Waals surface area contributed by atoms with Gasteiger partial charge in [-0.25, -0.2) is 0 Å². The van der Waals surface area contributed by atoms with Crippen molar-refractivity contribution in [2.75, 3.05) is 16.4 Å². The molecular formula is C21H35IN2O2. The number of nitrogen functional groups attached to an aromatic ring is 2. The lowest BCUT2D eigenvalue weighted by atomic mass is 9.92. The monoisotopic (exact) mass is 474 g/mol. The van der Waals surface area contributed by atoms with Crippen LogP contribution in [0.15, 0.2) is 41.7 Å². The molecule has 2 atom stereocenters. The van der Waals surface area contributed by atoms with Crippen LogP contribution in [0, 0.1) is 5.92 Å². The number of aliphatic hydroxyl groups is 1. The van der Waals surface area contributed by atoms with E-state index in [2.05, 4.69) is 43.4 Å². The Kier molecular flexibility index (Phi) is 13.3. The van der Waals surface area contributed by atoms with E-state index in [0.717, 1.165) is 24.8 Å². The topological polar surface area (TPSA) is 81.5 Å². The first-order valence-electron chi connectivity index (χ1n) is 9.02. The molecular weight excluding hydrogens is 439 g/mol. The molecule has 5 N–H and O–H groups in total. The van der Waals surface area contributed by atoms with Crippen LogP contribution in [-0.2, 0) is 11.3 Å². The van der Waals surface area contributed by atoms with Gasteiger partial charge < -0.3 is 21.3 Å². The van der Waals surface area contributed by atoms with Crippen LogP contribution in [0.1, 0.15) is 52.5 Å². The minimum absolute atomic E-state index is 0.170. The molecule has 26 heavy (non-hydrogen) atoms. The highest BCUT2D eigenvalue weighted by Gasteiger charge is 2.10. The lowest BCUT2D eigenvalue weighted by Crippen LogP contribution is -2.11. The van der Waals surface area contributed by atoms with Gasteiger partial charge in [-0.3, -0.25) is 0 Å². The molecule has 0 aliphatic carbocycles. The molecule has 0 saturated heterocycles. The molecule has 1 aromatic rings. The molecule has 1 rings (SSSR count). The van der Waals surface area contributed by atoms with Crippen LogP contribution in [0.25, 0.3) is 0 Å². The van der Waals surface area contributed by atoms with Crippen molar-refractivity contribution in [1.29, 1.82) is 0 Å². The predicted octanol–water partition coefficient (Wildman–Crippen LogP) is 6.02. The van der Waals surface area contributed by atoms with Crippen LogP contribution >= 0.6 is 22.6 Å². The summed E-state index contributed by atoms with van der Waals surface area (Å²) in [4.78, 5) is 1.97. The Balaban J connectivity index is 0.00000301. The molecule has 0 aliphatic rings. The number of ether oxygens (including phenoxy) is 1. The number of nitrogens with two attached hydrogens (primary N) is 2. The number of hydrogen-bond donors (Lipinski definition) is 3. The summed E-state index contributed by atoms with van der Waals surface area (Å²) in [6, 6.07) is 5.54. The van der Waals surface area contributed by atoms with Crippen molar-refractivity contribution < 1.29 is 9.84 Å². The van der Waals surface area contributed by atoms with E-state index in [1.54, 1.807) is 19.1 Å². The maximum Gasteiger partial charge on any atom is 0.0891 e. The van der Waals surface area contributed by atoms with Gasteiger partial charge in [-0.15, -0.1) is 0 Å². The third-order valence-corrected chi connectivity index (χ3v) is 4.16. The van der Waals surface area contributed by atoms with Crippen LogP contribution in [0.5, 0.6) is 0 Å². The largest absolute Gasteiger partial charge is 0.513 e. The van der Waals surface area contributed by atoms with Crippen LogP contribution in [0.4, 0.5) is 11.4 Å². The van der Waals surface area contributed by atoms with Crippen LogP contribution < -0.4 is 11.5 Å². The van der Waals surface area contributed by atoms with Gasteiger partial charge in [0.1, 0.15) is 0 Å². The Morgan fingerprint density at radius 1 is 1.12 bits per heavy atom. The number of allylic oxidation sites excluding steroid dienone is 4. The maximum atomic E-state index is 9.29. The molecule has 0 aliphatic heterocycles. The molecule has 0 radical (unpaired) electrons. The number of aliphatic hydroxyl groups excluding tert-OH is 1. The highest BCUT2D eigenvalue weighted by molar-refractivity contribution is 14.1. The van der Waals surface area contributed by atoms with Crippen molar-refractivity contribution >= 4 is 34.0 Å². The predicted molar refractivity (Wildman–Crippen MR) is 123 cm³/mol. The SMILES string of the molecule is CC/C(=C\C=C(/C)O)C(C)CCC(C)OCc1cc(N)cc(N)c1.CI. The van der Waals surface area contributed by atoms with Gasteiger partial charge in [0.25, 0.3) is 0 Å². The quantitative estimate of drug-likeness (QED) is 0.134. The number of anilines is 2. The van der Waals surface area contributed by atoms with Crippen LogP contribution in [0.2, 0.25) is 0 Å². The van der Waals surface area contributed by atoms with E-state index in [-0.39, 0.29) is 6.10 Å². The van der Waals surface area contributed by atoms with Gasteiger partial charge in [0, 0.05) is 11.4 Å². The zero-order valence-corrected chi connectivity index (χ0v) is 18.9. The molecule has 2 unspecified atom stereocenters. The normalized spacial score (nSPS) is 14.4. The van der Waals surface area contributed by atoms with Gasteiger partial charge in [0.05, 0.1) is 18.5 Å². The van der Waals surface area contributed by atoms with Gasteiger partial charge in [0.2, 0.25) is 0 Å². The Labute approximate surface area is 172 Å². The number of benzene rings is 1. The summed E-state index contributed by atoms with van der Waals surface area (Å²) in [5.74, 6) is 0.811. The van der Waals surface area contributed by atoms with Crippen LogP contribution in [-0.4, -0.2) is 16.1 Å². The molecule has 148 valence electrons. The van der Waals surface area contributed by atoms with E-state index in [4.69, 9.17) is 16.2 Å². The van der Waals surface area contributed by atoms with E-state index in [0.29, 0.717) is 29.7 Å². The zero-order chi connectivity index (χ0) is 20.1. The summed E-state index contributed by atoms with van der Waals surface area (Å²) in [5, 5.41) is 9.29. The van der Waals surface area contributed by atoms with Crippen molar-refractivity contribution in [1.82, 2.24) is 0 Å². The summed E-state index contributed by atoms with van der Waals surface area (Å²) < 4.78 is 5.92. The van der Waals surface area contributed by atoms with Gasteiger partial charge in [-0.1, -0.05) is 48.1 Å². The number of halogens is 1. The summed E-state index contributed by atoms with van der Waals surface area (Å²) in [7, 11) is 0. The minimum Gasteiger partial charge on any atom is -0.513 e. The van der Waals surface area contributed by atoms with Crippen molar-refractivity contribution in [2.24, 2.45) is 5.92 Å². The fourth-order valence-corrected chi connectivity index (χ4v) is 2.68. The molecule has 0 spiro atoms. The second-order valence-corrected chi connectivity index (χ2v) is 6.51. The van der Waals surface area contributed by atoms with E-state index in [9.17, 15) is 5.11 Å². The fraction of sp³-hybridized carbons (Fsp3) is 0.524. The number of hydrogen-bond acceptors (Lipinski definition) is 4. The summed E-state index contributed by atoms with van der Waals surface area (Å²) in [6.07, 6.45) is 6.99. The number of rotatable bonds is 9. The Morgan fingerprint density at radius 2 is 1.69 bits per heavy atom. The molecule has 0 fully saturated rings. The average Bonchev–Trinajstić information content (AvgIpc) is 2.59. The molecule has 5 heteroatoms. The Bertz CT molecular complexity index is 561. The highest BCUT2D eigenvalue weighted by Crippen LogP contribution is 2.22. The Hall–Kier alpha value is -1.21. The van der Waals surface area contributed by atoms with Crippen molar-refractivity contribution in [3.05, 3.63) is 47.2 Å². The minimum atomic E-state index is 0.170. The third-order valence-electron chi connectivity index (χ3n) is 4.16. The first-order valence-corrected chi connectivity index (χ1v) is 11.2. The van der Waals surface area contributed by atoms with Gasteiger partial charge in [-0.2, -0.15) is 0 Å². The van der Waals surface area contributed by atoms with Gasteiger partial charge in [-0.05, 0) is 73.8 Å². The van der Waals surface area contributed by atoms with Crippen molar-refractivity contribution in [2.45, 2.75) is 59.7 Å². The third kappa shape index (κ3) is 10.7. The smallest absolute Gasteiger partial charge is 0.0891 e. The van der Waals surface area contributed by atoms with Gasteiger partial charge >= 0.3 is 0 Å². The maximum absolute atomic E-state index is 9.29. The summed E-state index contributed by atoms with van der Waals surface area (Å²) >= 11 is 2.15. The van der Waals surface area contributed by atoms with E-state index >= 15 is 0 Å². The number of alkyl halides is 1. The molecule has 0 aromatic heterocycles. The average molecular weight is 474 g/mol. The lowest BCUT2D eigenvalue weighted by molar-refractivity contribution is 0.0445. The van der Waals surface area contributed by atoms with E-state index in [1.807, 2.05) is 23.1 Å². The molecule has 0 saturated carbocycles. The Morgan fingerprint density at radius 3 is 2.19 bits per heavy atom. The first-order chi connectivity index (χ1) is 12.3. The van der Waals surface area contributed by atoms with E-state index in [1.165, 1.54) is 5.57 Å². The summed E-state index contributed by atoms with van der Waals surface area (Å²) in [5.41, 5.74) is 15.3. The lowest BCUT2D eigenvalue weighted by Gasteiger charge is -2.18. The second kappa shape index (κ2) is 13.9. The fourth-order valence-electron chi connectivity index (χ4n) is 2.68.